The molecule has 2 fully saturated rings. The summed E-state index contributed by atoms with van der Waals surface area (Å²) in [7, 11) is 0. The van der Waals surface area contributed by atoms with Gasteiger partial charge in [0.05, 0.1) is 5.92 Å². The second kappa shape index (κ2) is 7.68. The summed E-state index contributed by atoms with van der Waals surface area (Å²) >= 11 is 3.50. The van der Waals surface area contributed by atoms with Gasteiger partial charge in [-0.1, -0.05) is 35.0 Å². The summed E-state index contributed by atoms with van der Waals surface area (Å²) in [5.74, 6) is 0.352. The van der Waals surface area contributed by atoms with Gasteiger partial charge in [0, 0.05) is 36.6 Å². The molecule has 1 unspecified atom stereocenters. The predicted octanol–water partition coefficient (Wildman–Crippen LogP) is 3.59. The lowest BCUT2D eigenvalue weighted by Gasteiger charge is -2.35. The molecule has 2 aliphatic rings. The van der Waals surface area contributed by atoms with Crippen LogP contribution in [0.2, 0.25) is 0 Å². The van der Waals surface area contributed by atoms with E-state index in [2.05, 4.69) is 28.1 Å². The van der Waals surface area contributed by atoms with Crippen molar-refractivity contribution in [3.05, 3.63) is 34.3 Å². The molecule has 1 aliphatic heterocycles. The maximum Gasteiger partial charge on any atom is 0.228 e. The van der Waals surface area contributed by atoms with Crippen molar-refractivity contribution < 1.29 is 9.59 Å². The van der Waals surface area contributed by atoms with Crippen LogP contribution in [0.4, 0.5) is 0 Å². The Morgan fingerprint density at radius 3 is 2.75 bits per heavy atom. The fourth-order valence-electron chi connectivity index (χ4n) is 3.47. The van der Waals surface area contributed by atoms with Gasteiger partial charge in [-0.2, -0.15) is 0 Å². The first-order chi connectivity index (χ1) is 11.6. The maximum absolute atomic E-state index is 13.1. The first-order valence-electron chi connectivity index (χ1n) is 8.91. The molecular weight excluding hydrogens is 368 g/mol. The number of benzene rings is 1. The number of likely N-dealkylation sites (tertiary alicyclic amines) is 1. The number of rotatable bonds is 5. The Morgan fingerprint density at radius 2 is 2.08 bits per heavy atom. The van der Waals surface area contributed by atoms with Crippen LogP contribution in [-0.4, -0.2) is 40.7 Å². The van der Waals surface area contributed by atoms with Gasteiger partial charge < -0.3 is 9.80 Å². The normalized spacial score (nSPS) is 20.8. The van der Waals surface area contributed by atoms with Gasteiger partial charge in [-0.05, 0) is 43.4 Å². The molecule has 4 nitrogen and oxygen atoms in total. The Kier molecular flexibility index (Phi) is 5.59. The standard InChI is InChI=1S/C19H25BrN2O2/c1-2-18(23)21-10-4-6-15(13-21)19(24)22(17-8-9-17)12-14-5-3-7-16(20)11-14/h3,5,7,11,15,17H,2,4,6,8-10,12-13H2,1H3. The van der Waals surface area contributed by atoms with Crippen molar-refractivity contribution in [2.45, 2.75) is 51.6 Å². The summed E-state index contributed by atoms with van der Waals surface area (Å²) in [6.07, 6.45) is 4.55. The van der Waals surface area contributed by atoms with Crippen LogP contribution in [0.5, 0.6) is 0 Å². The zero-order chi connectivity index (χ0) is 17.1. The number of amides is 2. The molecule has 2 amide bonds. The molecule has 0 aromatic heterocycles. The third kappa shape index (κ3) is 4.18. The lowest BCUT2D eigenvalue weighted by molar-refractivity contribution is -0.141. The van der Waals surface area contributed by atoms with Crippen molar-refractivity contribution in [2.75, 3.05) is 13.1 Å². The second-order valence-corrected chi connectivity index (χ2v) is 7.78. The summed E-state index contributed by atoms with van der Waals surface area (Å²) < 4.78 is 1.04. The highest BCUT2D eigenvalue weighted by Gasteiger charge is 2.37. The van der Waals surface area contributed by atoms with Gasteiger partial charge in [0.2, 0.25) is 11.8 Å². The minimum Gasteiger partial charge on any atom is -0.342 e. The summed E-state index contributed by atoms with van der Waals surface area (Å²) in [5.41, 5.74) is 1.15. The van der Waals surface area contributed by atoms with Crippen LogP contribution in [0.15, 0.2) is 28.7 Å². The zero-order valence-electron chi connectivity index (χ0n) is 14.2. The second-order valence-electron chi connectivity index (χ2n) is 6.86. The average molecular weight is 393 g/mol. The van der Waals surface area contributed by atoms with Crippen molar-refractivity contribution in [1.29, 1.82) is 0 Å². The SMILES string of the molecule is CCC(=O)N1CCCC(C(=O)N(Cc2cccc(Br)c2)C2CC2)C1. The molecule has 1 atom stereocenters. The predicted molar refractivity (Wildman–Crippen MR) is 97.3 cm³/mol. The summed E-state index contributed by atoms with van der Waals surface area (Å²) in [4.78, 5) is 29.0. The Labute approximate surface area is 152 Å². The number of hydrogen-bond acceptors (Lipinski definition) is 2. The highest BCUT2D eigenvalue weighted by atomic mass is 79.9. The van der Waals surface area contributed by atoms with E-state index in [1.807, 2.05) is 28.9 Å². The molecule has 1 aromatic rings. The minimum atomic E-state index is -0.0398. The summed E-state index contributed by atoms with van der Waals surface area (Å²) in [6, 6.07) is 8.55. The smallest absolute Gasteiger partial charge is 0.228 e. The van der Waals surface area contributed by atoms with E-state index < -0.39 is 0 Å². The molecule has 24 heavy (non-hydrogen) atoms. The largest absolute Gasteiger partial charge is 0.342 e. The van der Waals surface area contributed by atoms with Crippen molar-refractivity contribution in [3.63, 3.8) is 0 Å². The first-order valence-corrected chi connectivity index (χ1v) is 9.70. The lowest BCUT2D eigenvalue weighted by atomic mass is 9.96. The molecule has 0 N–H and O–H groups in total. The highest BCUT2D eigenvalue weighted by molar-refractivity contribution is 9.10. The Morgan fingerprint density at radius 1 is 1.29 bits per heavy atom. The molecule has 1 aliphatic carbocycles. The Bertz CT molecular complexity index is 615. The number of carbonyl (C=O) groups is 2. The van der Waals surface area contributed by atoms with E-state index >= 15 is 0 Å². The van der Waals surface area contributed by atoms with Crippen molar-refractivity contribution >= 4 is 27.7 Å². The topological polar surface area (TPSA) is 40.6 Å². The van der Waals surface area contributed by atoms with Crippen LogP contribution in [-0.2, 0) is 16.1 Å². The van der Waals surface area contributed by atoms with Gasteiger partial charge in [0.1, 0.15) is 0 Å². The van der Waals surface area contributed by atoms with Gasteiger partial charge in [-0.3, -0.25) is 9.59 Å². The fraction of sp³-hybridized carbons (Fsp3) is 0.579. The van der Waals surface area contributed by atoms with Crippen LogP contribution >= 0.6 is 15.9 Å². The number of hydrogen-bond donors (Lipinski definition) is 0. The van der Waals surface area contributed by atoms with Crippen LogP contribution < -0.4 is 0 Å². The first kappa shape index (κ1) is 17.5. The van der Waals surface area contributed by atoms with Crippen molar-refractivity contribution in [2.24, 2.45) is 5.92 Å². The summed E-state index contributed by atoms with van der Waals surface area (Å²) in [6.45, 7) is 3.94. The molecule has 0 radical (unpaired) electrons. The van der Waals surface area contributed by atoms with E-state index in [1.54, 1.807) is 0 Å². The van der Waals surface area contributed by atoms with E-state index in [9.17, 15) is 9.59 Å². The van der Waals surface area contributed by atoms with E-state index in [0.29, 0.717) is 25.6 Å². The molecule has 1 saturated heterocycles. The van der Waals surface area contributed by atoms with Gasteiger partial charge >= 0.3 is 0 Å². The van der Waals surface area contributed by atoms with E-state index in [4.69, 9.17) is 0 Å². The average Bonchev–Trinajstić information content (AvgIpc) is 3.43. The van der Waals surface area contributed by atoms with E-state index in [1.165, 1.54) is 0 Å². The minimum absolute atomic E-state index is 0.0398. The summed E-state index contributed by atoms with van der Waals surface area (Å²) in [5, 5.41) is 0. The molecule has 1 saturated carbocycles. The van der Waals surface area contributed by atoms with Crippen LogP contribution in [0.25, 0.3) is 0 Å². The number of halogens is 1. The molecule has 0 bridgehead atoms. The van der Waals surface area contributed by atoms with Crippen LogP contribution in [0.3, 0.4) is 0 Å². The maximum atomic E-state index is 13.1. The number of piperidine rings is 1. The quantitative estimate of drug-likeness (QED) is 0.767. The third-order valence-electron chi connectivity index (χ3n) is 4.94. The lowest BCUT2D eigenvalue weighted by Crippen LogP contribution is -2.47. The monoisotopic (exact) mass is 392 g/mol. The fourth-order valence-corrected chi connectivity index (χ4v) is 3.92. The zero-order valence-corrected chi connectivity index (χ0v) is 15.8. The van der Waals surface area contributed by atoms with Gasteiger partial charge in [-0.15, -0.1) is 0 Å². The van der Waals surface area contributed by atoms with Crippen LogP contribution in [0, 0.1) is 5.92 Å². The van der Waals surface area contributed by atoms with Crippen molar-refractivity contribution in [1.82, 2.24) is 9.80 Å². The Balaban J connectivity index is 1.69. The van der Waals surface area contributed by atoms with Gasteiger partial charge in [0.15, 0.2) is 0 Å². The van der Waals surface area contributed by atoms with Gasteiger partial charge in [0.25, 0.3) is 0 Å². The van der Waals surface area contributed by atoms with E-state index in [-0.39, 0.29) is 17.7 Å². The molecule has 0 spiro atoms. The highest BCUT2D eigenvalue weighted by Crippen LogP contribution is 2.32. The van der Waals surface area contributed by atoms with Gasteiger partial charge in [-0.25, -0.2) is 0 Å². The molecule has 1 aromatic carbocycles. The van der Waals surface area contributed by atoms with Crippen LogP contribution in [0.1, 0.15) is 44.6 Å². The molecule has 5 heteroatoms. The molecule has 1 heterocycles. The molecule has 3 rings (SSSR count). The number of nitrogens with zero attached hydrogens (tertiary/aromatic N) is 2. The van der Waals surface area contributed by atoms with Crippen molar-refractivity contribution in [3.8, 4) is 0 Å². The molecular formula is C19H25BrN2O2. The number of carbonyl (C=O) groups excluding carboxylic acids is 2. The van der Waals surface area contributed by atoms with E-state index in [0.717, 1.165) is 42.3 Å². The molecule has 130 valence electrons. The Hall–Kier alpha value is -1.36. The third-order valence-corrected chi connectivity index (χ3v) is 5.43.